The van der Waals surface area contributed by atoms with Crippen molar-refractivity contribution >= 4 is 35.4 Å². The first-order valence-electron chi connectivity index (χ1n) is 14.5. The average Bonchev–Trinajstić information content (AvgIpc) is 2.93. The summed E-state index contributed by atoms with van der Waals surface area (Å²) in [4.78, 5) is 48.5. The van der Waals surface area contributed by atoms with E-state index in [-0.39, 0.29) is 24.7 Å². The van der Waals surface area contributed by atoms with Crippen molar-refractivity contribution in [2.45, 2.75) is 78.5 Å². The van der Waals surface area contributed by atoms with Gasteiger partial charge in [-0.3, -0.25) is 4.79 Å². The van der Waals surface area contributed by atoms with Crippen molar-refractivity contribution in [3.8, 4) is 5.75 Å². The van der Waals surface area contributed by atoms with Gasteiger partial charge in [-0.05, 0) is 102 Å². The molecule has 2 heterocycles. The number of aromatic nitrogens is 2. The number of ether oxygens (including phenoxy) is 2. The van der Waals surface area contributed by atoms with Gasteiger partial charge in [0.2, 0.25) is 11.9 Å². The van der Waals surface area contributed by atoms with E-state index in [0.717, 1.165) is 34.6 Å². The highest BCUT2D eigenvalue weighted by Gasteiger charge is 2.30. The van der Waals surface area contributed by atoms with Crippen molar-refractivity contribution in [2.75, 3.05) is 16.8 Å². The summed E-state index contributed by atoms with van der Waals surface area (Å²) in [5.74, 6) is -0.222. The topological polar surface area (TPSA) is 149 Å². The summed E-state index contributed by atoms with van der Waals surface area (Å²) in [6.45, 7) is 11.7. The molecule has 0 saturated carbocycles. The van der Waals surface area contributed by atoms with Crippen LogP contribution in [0.15, 0.2) is 42.5 Å². The molecule has 4 N–H and O–H groups in total. The first-order valence-corrected chi connectivity index (χ1v) is 14.5. The van der Waals surface area contributed by atoms with Crippen molar-refractivity contribution < 1.29 is 28.2 Å². The molecule has 2 atom stereocenters. The summed E-state index contributed by atoms with van der Waals surface area (Å²) >= 11 is 0. The molecule has 4 rings (SSSR count). The van der Waals surface area contributed by atoms with Crippen LogP contribution in [0, 0.1) is 19.7 Å². The number of hydrogen-bond donors (Lipinski definition) is 3. The standard InChI is InChI=1S/C32H39FN6O5/c1-18-19(2)35-30(36-23-10-8-22(33)9-11-23)38-28(18)39-16-15-21-7-12-24(17-25(21)20(39)3)43-29(41)26(13-14-27(34)40)37-31(42)44-32(4,5)6/h7-12,17,20,26H,13-16H2,1-6H3,(H2,34,40)(H,37,42)(H,35,36,38). The number of benzene rings is 2. The second kappa shape index (κ2) is 13.3. The fourth-order valence-corrected chi connectivity index (χ4v) is 4.93. The third kappa shape index (κ3) is 8.21. The van der Waals surface area contributed by atoms with Crippen LogP contribution in [0.4, 0.5) is 26.6 Å². The van der Waals surface area contributed by atoms with Gasteiger partial charge in [0.1, 0.15) is 29.0 Å². The number of rotatable bonds is 9. The van der Waals surface area contributed by atoms with Crippen molar-refractivity contribution in [3.63, 3.8) is 0 Å². The number of amides is 2. The Hall–Kier alpha value is -4.74. The Kier molecular flexibility index (Phi) is 9.71. The number of nitrogens with zero attached hydrogens (tertiary/aromatic N) is 3. The Balaban J connectivity index is 1.54. The van der Waals surface area contributed by atoms with Gasteiger partial charge >= 0.3 is 12.1 Å². The minimum absolute atomic E-state index is 0.0385. The summed E-state index contributed by atoms with van der Waals surface area (Å²) in [6.07, 6.45) is -0.231. The lowest BCUT2D eigenvalue weighted by Gasteiger charge is -2.37. The molecule has 1 aromatic heterocycles. The van der Waals surface area contributed by atoms with E-state index in [4.69, 9.17) is 20.2 Å². The SMILES string of the molecule is Cc1nc(Nc2ccc(F)cc2)nc(N2CCc3ccc(OC(=O)C(CCC(N)=O)NC(=O)OC(C)(C)C)cc3C2C)c1C. The maximum absolute atomic E-state index is 13.4. The van der Waals surface area contributed by atoms with E-state index in [9.17, 15) is 18.8 Å². The number of nitrogens with two attached hydrogens (primary N) is 1. The van der Waals surface area contributed by atoms with Crippen molar-refractivity contribution in [1.29, 1.82) is 0 Å². The smallest absolute Gasteiger partial charge is 0.408 e. The molecule has 0 saturated heterocycles. The molecule has 2 unspecified atom stereocenters. The number of alkyl carbamates (subject to hydrolysis) is 1. The Morgan fingerprint density at radius 1 is 1.11 bits per heavy atom. The van der Waals surface area contributed by atoms with Crippen molar-refractivity contribution in [1.82, 2.24) is 15.3 Å². The molecule has 1 aliphatic heterocycles. The van der Waals surface area contributed by atoms with Crippen LogP contribution >= 0.6 is 0 Å². The maximum Gasteiger partial charge on any atom is 0.408 e. The minimum Gasteiger partial charge on any atom is -0.444 e. The number of fused-ring (bicyclic) bond motifs is 1. The predicted octanol–water partition coefficient (Wildman–Crippen LogP) is 5.16. The number of anilines is 3. The fraction of sp³-hybridized carbons (Fsp3) is 0.406. The molecule has 2 amide bonds. The Bertz CT molecular complexity index is 1540. The number of esters is 1. The second-order valence-electron chi connectivity index (χ2n) is 11.8. The lowest BCUT2D eigenvalue weighted by atomic mass is 9.93. The van der Waals surface area contributed by atoms with Crippen LogP contribution in [0.5, 0.6) is 5.75 Å². The van der Waals surface area contributed by atoms with E-state index in [1.165, 1.54) is 12.1 Å². The number of hydrogen-bond acceptors (Lipinski definition) is 9. The number of carbonyl (C=O) groups is 3. The van der Waals surface area contributed by atoms with E-state index in [1.54, 1.807) is 39.0 Å². The van der Waals surface area contributed by atoms with Gasteiger partial charge in [-0.15, -0.1) is 0 Å². The molecule has 0 aliphatic carbocycles. The van der Waals surface area contributed by atoms with E-state index < -0.39 is 29.6 Å². The maximum atomic E-state index is 13.4. The van der Waals surface area contributed by atoms with Crippen molar-refractivity contribution in [2.24, 2.45) is 5.73 Å². The Morgan fingerprint density at radius 2 is 1.82 bits per heavy atom. The van der Waals surface area contributed by atoms with Crippen LogP contribution in [0.2, 0.25) is 0 Å². The van der Waals surface area contributed by atoms with Crippen LogP contribution in [-0.2, 0) is 20.7 Å². The van der Waals surface area contributed by atoms with Gasteiger partial charge in [0, 0.05) is 29.9 Å². The molecular formula is C32H39FN6O5. The highest BCUT2D eigenvalue weighted by molar-refractivity contribution is 5.84. The van der Waals surface area contributed by atoms with Crippen LogP contribution in [-0.4, -0.2) is 46.1 Å². The number of aryl methyl sites for hydroxylation is 1. The van der Waals surface area contributed by atoms with Gasteiger partial charge in [0.05, 0.1) is 6.04 Å². The Morgan fingerprint density at radius 3 is 2.48 bits per heavy atom. The van der Waals surface area contributed by atoms with E-state index in [1.807, 2.05) is 32.9 Å². The van der Waals surface area contributed by atoms with Crippen LogP contribution in [0.1, 0.15) is 69.0 Å². The molecular weight excluding hydrogens is 567 g/mol. The second-order valence-corrected chi connectivity index (χ2v) is 11.8. The summed E-state index contributed by atoms with van der Waals surface area (Å²) in [6, 6.07) is 10.2. The minimum atomic E-state index is -1.14. The van der Waals surface area contributed by atoms with Gasteiger partial charge in [-0.25, -0.2) is 19.0 Å². The monoisotopic (exact) mass is 606 g/mol. The van der Waals surface area contributed by atoms with E-state index >= 15 is 0 Å². The van der Waals surface area contributed by atoms with Gasteiger partial charge in [-0.2, -0.15) is 4.98 Å². The molecule has 1 aliphatic rings. The van der Waals surface area contributed by atoms with Crippen LogP contribution < -0.4 is 26.0 Å². The highest BCUT2D eigenvalue weighted by atomic mass is 19.1. The fourth-order valence-electron chi connectivity index (χ4n) is 4.93. The number of nitrogens with one attached hydrogen (secondary N) is 2. The summed E-state index contributed by atoms with van der Waals surface area (Å²) < 4.78 is 24.3. The third-order valence-electron chi connectivity index (χ3n) is 7.27. The molecule has 0 bridgehead atoms. The zero-order chi connectivity index (χ0) is 32.2. The summed E-state index contributed by atoms with van der Waals surface area (Å²) in [5.41, 5.74) is 8.98. The molecule has 2 aromatic carbocycles. The zero-order valence-corrected chi connectivity index (χ0v) is 25.9. The largest absolute Gasteiger partial charge is 0.444 e. The van der Waals surface area contributed by atoms with Crippen molar-refractivity contribution in [3.05, 3.63) is 70.7 Å². The molecule has 44 heavy (non-hydrogen) atoms. The van der Waals surface area contributed by atoms with E-state index in [2.05, 4.69) is 20.5 Å². The molecule has 12 heteroatoms. The molecule has 234 valence electrons. The predicted molar refractivity (Wildman–Crippen MR) is 164 cm³/mol. The number of primary amides is 1. The zero-order valence-electron chi connectivity index (χ0n) is 25.9. The van der Waals surface area contributed by atoms with Gasteiger partial charge < -0.3 is 30.7 Å². The third-order valence-corrected chi connectivity index (χ3v) is 7.27. The molecule has 0 spiro atoms. The highest BCUT2D eigenvalue weighted by Crippen LogP contribution is 2.37. The molecule has 11 nitrogen and oxygen atoms in total. The van der Waals surface area contributed by atoms with Gasteiger partial charge in [0.25, 0.3) is 0 Å². The molecule has 3 aromatic rings. The number of halogens is 1. The first kappa shape index (κ1) is 32.2. The van der Waals surface area contributed by atoms with E-state index in [0.29, 0.717) is 23.9 Å². The quantitative estimate of drug-likeness (QED) is 0.222. The molecule has 0 radical (unpaired) electrons. The van der Waals surface area contributed by atoms with Crippen LogP contribution in [0.3, 0.4) is 0 Å². The summed E-state index contributed by atoms with van der Waals surface area (Å²) in [7, 11) is 0. The lowest BCUT2D eigenvalue weighted by Crippen LogP contribution is -2.45. The van der Waals surface area contributed by atoms with Gasteiger partial charge in [-0.1, -0.05) is 6.07 Å². The normalized spacial score (nSPS) is 15.2. The van der Waals surface area contributed by atoms with Crippen LogP contribution in [0.25, 0.3) is 0 Å². The Labute approximate surface area is 256 Å². The summed E-state index contributed by atoms with van der Waals surface area (Å²) in [5, 5.41) is 5.65. The van der Waals surface area contributed by atoms with Gasteiger partial charge in [0.15, 0.2) is 0 Å². The lowest BCUT2D eigenvalue weighted by molar-refractivity contribution is -0.137. The number of carbonyl (C=O) groups excluding carboxylic acids is 3. The average molecular weight is 607 g/mol. The first-order chi connectivity index (χ1) is 20.7. The molecule has 0 fully saturated rings.